The summed E-state index contributed by atoms with van der Waals surface area (Å²) in [5, 5.41) is 12.0. The molecule has 0 radical (unpaired) electrons. The Bertz CT molecular complexity index is 1080. The molecule has 0 aliphatic rings. The summed E-state index contributed by atoms with van der Waals surface area (Å²) in [4.78, 5) is 12.4. The van der Waals surface area contributed by atoms with Gasteiger partial charge in [-0.2, -0.15) is 10.2 Å². The molecular weight excluding hydrogens is 393 g/mol. The SMILES string of the molecule is CCn1ncc(/C=C/C(=O)Nc2c(C)nn(Cc3ccc(F)cc3Cl)c2C)c1C. The number of halogens is 2. The second kappa shape index (κ2) is 8.61. The highest BCUT2D eigenvalue weighted by atomic mass is 35.5. The molecular formula is C21H23ClFN5O. The highest BCUT2D eigenvalue weighted by molar-refractivity contribution is 6.31. The van der Waals surface area contributed by atoms with Crippen molar-refractivity contribution in [3.05, 3.63) is 69.5 Å². The molecule has 0 saturated carbocycles. The molecule has 0 atom stereocenters. The van der Waals surface area contributed by atoms with Gasteiger partial charge in [-0.25, -0.2) is 4.39 Å². The molecule has 0 spiro atoms. The van der Waals surface area contributed by atoms with Crippen LogP contribution in [0.25, 0.3) is 6.08 Å². The lowest BCUT2D eigenvalue weighted by Gasteiger charge is -2.08. The number of carbonyl (C=O) groups excluding carboxylic acids is 1. The molecule has 0 aliphatic heterocycles. The van der Waals surface area contributed by atoms with E-state index in [1.165, 1.54) is 18.2 Å². The summed E-state index contributed by atoms with van der Waals surface area (Å²) < 4.78 is 16.9. The first-order valence-electron chi connectivity index (χ1n) is 9.29. The molecule has 0 fully saturated rings. The monoisotopic (exact) mass is 415 g/mol. The third-order valence-corrected chi connectivity index (χ3v) is 5.17. The van der Waals surface area contributed by atoms with E-state index in [1.54, 1.807) is 23.0 Å². The standard InChI is InChI=1S/C21H23ClFN5O/c1-5-27-14(3)16(11-24-27)7-9-20(29)25-21-13(2)26-28(15(21)4)12-17-6-8-18(23)10-19(17)22/h6-11H,5,12H2,1-4H3,(H,25,29)/b9-7+. The number of rotatable bonds is 6. The topological polar surface area (TPSA) is 64.7 Å². The summed E-state index contributed by atoms with van der Waals surface area (Å²) >= 11 is 6.12. The lowest BCUT2D eigenvalue weighted by atomic mass is 10.2. The van der Waals surface area contributed by atoms with E-state index in [9.17, 15) is 9.18 Å². The number of aromatic nitrogens is 4. The van der Waals surface area contributed by atoms with Crippen molar-refractivity contribution in [2.24, 2.45) is 0 Å². The van der Waals surface area contributed by atoms with E-state index >= 15 is 0 Å². The van der Waals surface area contributed by atoms with Crippen molar-refractivity contribution < 1.29 is 9.18 Å². The molecule has 8 heteroatoms. The normalized spacial score (nSPS) is 11.4. The number of nitrogens with one attached hydrogen (secondary N) is 1. The van der Waals surface area contributed by atoms with Crippen LogP contribution in [-0.4, -0.2) is 25.5 Å². The molecule has 1 amide bonds. The molecule has 3 rings (SSSR count). The zero-order chi connectivity index (χ0) is 21.1. The molecule has 29 heavy (non-hydrogen) atoms. The number of aryl methyl sites for hydroxylation is 2. The van der Waals surface area contributed by atoms with E-state index in [-0.39, 0.29) is 11.7 Å². The molecule has 0 unspecified atom stereocenters. The molecule has 0 saturated heterocycles. The maximum atomic E-state index is 13.3. The van der Waals surface area contributed by atoms with Gasteiger partial charge in [0.15, 0.2) is 0 Å². The van der Waals surface area contributed by atoms with Gasteiger partial charge in [0.2, 0.25) is 5.91 Å². The summed E-state index contributed by atoms with van der Waals surface area (Å²) in [6.45, 7) is 8.83. The average molecular weight is 416 g/mol. The summed E-state index contributed by atoms with van der Waals surface area (Å²) in [5.74, 6) is -0.634. The van der Waals surface area contributed by atoms with Crippen LogP contribution in [0.2, 0.25) is 5.02 Å². The van der Waals surface area contributed by atoms with Crippen molar-refractivity contribution in [1.82, 2.24) is 19.6 Å². The van der Waals surface area contributed by atoms with Crippen molar-refractivity contribution in [2.75, 3.05) is 5.32 Å². The van der Waals surface area contributed by atoms with Crippen LogP contribution < -0.4 is 5.32 Å². The van der Waals surface area contributed by atoms with Crippen molar-refractivity contribution in [3.8, 4) is 0 Å². The van der Waals surface area contributed by atoms with Crippen molar-refractivity contribution >= 4 is 29.3 Å². The minimum Gasteiger partial charge on any atom is -0.319 e. The predicted octanol–water partition coefficient (Wildman–Crippen LogP) is 4.52. The Hall–Kier alpha value is -2.93. The van der Waals surface area contributed by atoms with E-state index in [0.717, 1.165) is 29.1 Å². The summed E-state index contributed by atoms with van der Waals surface area (Å²) in [7, 11) is 0. The average Bonchev–Trinajstić information content (AvgIpc) is 3.16. The van der Waals surface area contributed by atoms with Crippen LogP contribution >= 0.6 is 11.6 Å². The molecule has 1 N–H and O–H groups in total. The fraction of sp³-hybridized carbons (Fsp3) is 0.286. The second-order valence-corrected chi connectivity index (χ2v) is 7.17. The Kier molecular flexibility index (Phi) is 6.17. The number of amides is 1. The van der Waals surface area contributed by atoms with Crippen LogP contribution in [-0.2, 0) is 17.9 Å². The lowest BCUT2D eigenvalue weighted by Crippen LogP contribution is -2.10. The van der Waals surface area contributed by atoms with E-state index in [2.05, 4.69) is 15.5 Å². The summed E-state index contributed by atoms with van der Waals surface area (Å²) in [5.41, 5.74) is 4.79. The number of anilines is 1. The highest BCUT2D eigenvalue weighted by Gasteiger charge is 2.14. The number of nitrogens with zero attached hydrogens (tertiary/aromatic N) is 4. The van der Waals surface area contributed by atoms with Gasteiger partial charge in [-0.15, -0.1) is 0 Å². The van der Waals surface area contributed by atoms with Gasteiger partial charge in [0.25, 0.3) is 0 Å². The van der Waals surface area contributed by atoms with E-state index in [1.807, 2.05) is 32.4 Å². The molecule has 6 nitrogen and oxygen atoms in total. The van der Waals surface area contributed by atoms with Crippen LogP contribution in [0.5, 0.6) is 0 Å². The Morgan fingerprint density at radius 2 is 2.00 bits per heavy atom. The Morgan fingerprint density at radius 3 is 2.66 bits per heavy atom. The van der Waals surface area contributed by atoms with Crippen molar-refractivity contribution in [3.63, 3.8) is 0 Å². The van der Waals surface area contributed by atoms with Crippen LogP contribution in [0.1, 0.15) is 35.1 Å². The maximum absolute atomic E-state index is 13.3. The molecule has 2 heterocycles. The van der Waals surface area contributed by atoms with Crippen molar-refractivity contribution in [1.29, 1.82) is 0 Å². The Labute approximate surface area is 174 Å². The van der Waals surface area contributed by atoms with Gasteiger partial charge in [-0.05, 0) is 51.5 Å². The van der Waals surface area contributed by atoms with Crippen LogP contribution in [0.3, 0.4) is 0 Å². The smallest absolute Gasteiger partial charge is 0.248 e. The third kappa shape index (κ3) is 4.56. The highest BCUT2D eigenvalue weighted by Crippen LogP contribution is 2.23. The number of carbonyl (C=O) groups is 1. The number of benzene rings is 1. The van der Waals surface area contributed by atoms with Crippen LogP contribution in [0.4, 0.5) is 10.1 Å². The predicted molar refractivity (Wildman–Crippen MR) is 113 cm³/mol. The summed E-state index contributed by atoms with van der Waals surface area (Å²) in [6.07, 6.45) is 4.97. The van der Waals surface area contributed by atoms with Gasteiger partial charge in [-0.1, -0.05) is 17.7 Å². The van der Waals surface area contributed by atoms with Crippen LogP contribution in [0, 0.1) is 26.6 Å². The first-order valence-corrected chi connectivity index (χ1v) is 9.67. The minimum absolute atomic E-state index is 0.251. The maximum Gasteiger partial charge on any atom is 0.248 e. The Balaban J connectivity index is 1.75. The number of hydrogen-bond acceptors (Lipinski definition) is 3. The second-order valence-electron chi connectivity index (χ2n) is 6.76. The van der Waals surface area contributed by atoms with E-state index < -0.39 is 0 Å². The molecule has 152 valence electrons. The van der Waals surface area contributed by atoms with E-state index in [4.69, 9.17) is 11.6 Å². The van der Waals surface area contributed by atoms with E-state index in [0.29, 0.717) is 22.9 Å². The molecule has 0 bridgehead atoms. The first kappa shape index (κ1) is 20.8. The fourth-order valence-electron chi connectivity index (χ4n) is 3.12. The lowest BCUT2D eigenvalue weighted by molar-refractivity contribution is -0.111. The molecule has 0 aliphatic carbocycles. The minimum atomic E-state index is -0.383. The molecule has 1 aromatic carbocycles. The number of hydrogen-bond donors (Lipinski definition) is 1. The fourth-order valence-corrected chi connectivity index (χ4v) is 3.34. The van der Waals surface area contributed by atoms with Gasteiger partial charge >= 0.3 is 0 Å². The summed E-state index contributed by atoms with van der Waals surface area (Å²) in [6, 6.07) is 4.27. The molecule has 3 aromatic rings. The quantitative estimate of drug-likeness (QED) is 0.602. The molecule has 2 aromatic heterocycles. The first-order chi connectivity index (χ1) is 13.8. The van der Waals surface area contributed by atoms with Crippen LogP contribution in [0.15, 0.2) is 30.5 Å². The van der Waals surface area contributed by atoms with Gasteiger partial charge < -0.3 is 5.32 Å². The van der Waals surface area contributed by atoms with Gasteiger partial charge in [0.05, 0.1) is 29.8 Å². The van der Waals surface area contributed by atoms with Gasteiger partial charge in [-0.3, -0.25) is 14.2 Å². The Morgan fingerprint density at radius 1 is 1.24 bits per heavy atom. The largest absolute Gasteiger partial charge is 0.319 e. The zero-order valence-electron chi connectivity index (χ0n) is 16.8. The van der Waals surface area contributed by atoms with Gasteiger partial charge in [0.1, 0.15) is 5.82 Å². The van der Waals surface area contributed by atoms with Gasteiger partial charge in [0, 0.05) is 28.9 Å². The third-order valence-electron chi connectivity index (χ3n) is 4.82. The zero-order valence-corrected chi connectivity index (χ0v) is 17.6. The van der Waals surface area contributed by atoms with Crippen molar-refractivity contribution in [2.45, 2.75) is 40.8 Å².